The van der Waals surface area contributed by atoms with Gasteiger partial charge in [0, 0.05) is 24.0 Å². The highest BCUT2D eigenvalue weighted by molar-refractivity contribution is 7.89. The Balaban J connectivity index is 3.17. The molecule has 0 amide bonds. The van der Waals surface area contributed by atoms with Gasteiger partial charge >= 0.3 is 0 Å². The maximum Gasteiger partial charge on any atom is 0.245 e. The Morgan fingerprint density at radius 2 is 2.14 bits per heavy atom. The summed E-state index contributed by atoms with van der Waals surface area (Å²) in [6.45, 7) is 13.2. The molecule has 6 heteroatoms. The molecular formula is C15H26N2O2S2. The van der Waals surface area contributed by atoms with Gasteiger partial charge < -0.3 is 5.32 Å². The molecule has 1 aromatic rings. The molecule has 0 aliphatic rings. The number of nitrogens with zero attached hydrogens (tertiary/aromatic N) is 1. The summed E-state index contributed by atoms with van der Waals surface area (Å²) in [5, 5.41) is 5.20. The summed E-state index contributed by atoms with van der Waals surface area (Å²) in [5.41, 5.74) is 0.822. The average Bonchev–Trinajstić information content (AvgIpc) is 2.77. The van der Waals surface area contributed by atoms with Crippen LogP contribution in [0.1, 0.15) is 37.6 Å². The molecule has 0 aromatic carbocycles. The van der Waals surface area contributed by atoms with E-state index in [-0.39, 0.29) is 6.04 Å². The van der Waals surface area contributed by atoms with Gasteiger partial charge in [-0.15, -0.1) is 17.9 Å². The van der Waals surface area contributed by atoms with Gasteiger partial charge in [0.25, 0.3) is 0 Å². The van der Waals surface area contributed by atoms with Gasteiger partial charge in [-0.25, -0.2) is 8.42 Å². The first-order valence-corrected chi connectivity index (χ1v) is 9.58. The molecular weight excluding hydrogens is 304 g/mol. The summed E-state index contributed by atoms with van der Waals surface area (Å²) in [6, 6.07) is -0.0937. The molecule has 0 aliphatic carbocycles. The number of rotatable bonds is 9. The third kappa shape index (κ3) is 4.39. The first-order chi connectivity index (χ1) is 9.86. The van der Waals surface area contributed by atoms with Gasteiger partial charge in [0.15, 0.2) is 0 Å². The van der Waals surface area contributed by atoms with E-state index in [1.54, 1.807) is 6.08 Å². The first kappa shape index (κ1) is 18.4. The van der Waals surface area contributed by atoms with E-state index >= 15 is 0 Å². The standard InChI is InChI=1S/C15H26N2O2S2/c1-6-8-16-10-14-15(13(5)11-20-14)21(18,19)17(9-7-2)12(3)4/h7,11-12,16H,2,6,8-10H2,1,3-5H3. The maximum absolute atomic E-state index is 13.0. The Bertz CT molecular complexity index is 562. The van der Waals surface area contributed by atoms with Gasteiger partial charge in [-0.3, -0.25) is 0 Å². The van der Waals surface area contributed by atoms with E-state index in [1.165, 1.54) is 15.6 Å². The lowest BCUT2D eigenvalue weighted by Crippen LogP contribution is -2.37. The van der Waals surface area contributed by atoms with Gasteiger partial charge in [-0.05, 0) is 44.7 Å². The van der Waals surface area contributed by atoms with Crippen molar-refractivity contribution in [1.29, 1.82) is 0 Å². The zero-order chi connectivity index (χ0) is 16.0. The fourth-order valence-corrected chi connectivity index (χ4v) is 5.51. The molecule has 0 atom stereocenters. The van der Waals surface area contributed by atoms with Crippen molar-refractivity contribution >= 4 is 21.4 Å². The highest BCUT2D eigenvalue weighted by Gasteiger charge is 2.30. The number of thiophene rings is 1. The van der Waals surface area contributed by atoms with Crippen LogP contribution >= 0.6 is 11.3 Å². The second kappa shape index (κ2) is 8.08. The summed E-state index contributed by atoms with van der Waals surface area (Å²) in [5.74, 6) is 0. The molecule has 0 saturated carbocycles. The molecule has 0 saturated heterocycles. The summed E-state index contributed by atoms with van der Waals surface area (Å²) in [4.78, 5) is 1.35. The molecule has 0 spiro atoms. The monoisotopic (exact) mass is 330 g/mol. The Morgan fingerprint density at radius 3 is 2.67 bits per heavy atom. The van der Waals surface area contributed by atoms with E-state index in [4.69, 9.17) is 0 Å². The number of sulfonamides is 1. The molecule has 1 heterocycles. The lowest BCUT2D eigenvalue weighted by atomic mass is 10.3. The molecule has 1 rings (SSSR count). The van der Waals surface area contributed by atoms with Crippen LogP contribution in [0.4, 0.5) is 0 Å². The lowest BCUT2D eigenvalue weighted by molar-refractivity contribution is 0.382. The van der Waals surface area contributed by atoms with Crippen molar-refractivity contribution in [2.45, 2.75) is 51.6 Å². The van der Waals surface area contributed by atoms with Crippen molar-refractivity contribution in [2.24, 2.45) is 0 Å². The Morgan fingerprint density at radius 1 is 1.48 bits per heavy atom. The average molecular weight is 331 g/mol. The van der Waals surface area contributed by atoms with Crippen LogP contribution in [-0.4, -0.2) is 31.9 Å². The molecule has 0 bridgehead atoms. The van der Waals surface area contributed by atoms with Gasteiger partial charge in [-0.1, -0.05) is 13.0 Å². The van der Waals surface area contributed by atoms with Crippen molar-refractivity contribution in [3.8, 4) is 0 Å². The van der Waals surface area contributed by atoms with Crippen molar-refractivity contribution < 1.29 is 8.42 Å². The summed E-state index contributed by atoms with van der Waals surface area (Å²) >= 11 is 1.51. The second-order valence-electron chi connectivity index (χ2n) is 5.30. The number of hydrogen-bond donors (Lipinski definition) is 1. The number of nitrogens with one attached hydrogen (secondary N) is 1. The molecule has 0 unspecified atom stereocenters. The molecule has 0 fully saturated rings. The Kier molecular flexibility index (Phi) is 7.06. The quantitative estimate of drug-likeness (QED) is 0.559. The molecule has 1 N–H and O–H groups in total. The Hall–Kier alpha value is -0.690. The van der Waals surface area contributed by atoms with Gasteiger partial charge in [0.05, 0.1) is 0 Å². The van der Waals surface area contributed by atoms with E-state index in [1.807, 2.05) is 26.2 Å². The third-order valence-electron chi connectivity index (χ3n) is 3.15. The number of hydrogen-bond acceptors (Lipinski definition) is 4. The molecule has 4 nitrogen and oxygen atoms in total. The van der Waals surface area contributed by atoms with Crippen LogP contribution in [0.15, 0.2) is 22.9 Å². The third-order valence-corrected chi connectivity index (χ3v) is 6.66. The minimum atomic E-state index is -3.49. The lowest BCUT2D eigenvalue weighted by Gasteiger charge is -2.25. The molecule has 0 aliphatic heterocycles. The summed E-state index contributed by atoms with van der Waals surface area (Å²) < 4.78 is 27.4. The van der Waals surface area contributed by atoms with Crippen LogP contribution in [0, 0.1) is 6.92 Å². The van der Waals surface area contributed by atoms with E-state index in [0.29, 0.717) is 18.0 Å². The minimum absolute atomic E-state index is 0.0937. The van der Waals surface area contributed by atoms with Crippen molar-refractivity contribution in [1.82, 2.24) is 9.62 Å². The summed E-state index contributed by atoms with van der Waals surface area (Å²) in [6.07, 6.45) is 2.66. The van der Waals surface area contributed by atoms with Crippen molar-refractivity contribution in [2.75, 3.05) is 13.1 Å². The van der Waals surface area contributed by atoms with Gasteiger partial charge in [-0.2, -0.15) is 4.31 Å². The zero-order valence-electron chi connectivity index (χ0n) is 13.3. The maximum atomic E-state index is 13.0. The van der Waals surface area contributed by atoms with E-state index in [9.17, 15) is 8.42 Å². The van der Waals surface area contributed by atoms with E-state index < -0.39 is 10.0 Å². The van der Waals surface area contributed by atoms with Crippen LogP contribution in [-0.2, 0) is 16.6 Å². The topological polar surface area (TPSA) is 49.4 Å². The fourth-order valence-electron chi connectivity index (χ4n) is 2.17. The molecule has 120 valence electrons. The molecule has 1 aromatic heterocycles. The van der Waals surface area contributed by atoms with E-state index in [2.05, 4.69) is 18.8 Å². The van der Waals surface area contributed by atoms with Crippen LogP contribution in [0.25, 0.3) is 0 Å². The van der Waals surface area contributed by atoms with Crippen LogP contribution in [0.2, 0.25) is 0 Å². The second-order valence-corrected chi connectivity index (χ2v) is 8.10. The van der Waals surface area contributed by atoms with Crippen LogP contribution in [0.3, 0.4) is 0 Å². The normalized spacial score (nSPS) is 12.3. The predicted molar refractivity (Wildman–Crippen MR) is 90.3 cm³/mol. The summed E-state index contributed by atoms with van der Waals surface area (Å²) in [7, 11) is -3.49. The number of aryl methyl sites for hydroxylation is 1. The molecule has 0 radical (unpaired) electrons. The van der Waals surface area contributed by atoms with E-state index in [0.717, 1.165) is 23.4 Å². The predicted octanol–water partition coefficient (Wildman–Crippen LogP) is 3.14. The van der Waals surface area contributed by atoms with Crippen molar-refractivity contribution in [3.05, 3.63) is 28.5 Å². The largest absolute Gasteiger partial charge is 0.312 e. The SMILES string of the molecule is C=CCN(C(C)C)S(=O)(=O)c1c(C)csc1CNCCC. The Labute approximate surface area is 132 Å². The highest BCUT2D eigenvalue weighted by Crippen LogP contribution is 2.30. The first-order valence-electron chi connectivity index (χ1n) is 7.26. The zero-order valence-corrected chi connectivity index (χ0v) is 15.0. The van der Waals surface area contributed by atoms with Crippen molar-refractivity contribution in [3.63, 3.8) is 0 Å². The van der Waals surface area contributed by atoms with Crippen LogP contribution < -0.4 is 5.32 Å². The highest BCUT2D eigenvalue weighted by atomic mass is 32.2. The molecule has 21 heavy (non-hydrogen) atoms. The van der Waals surface area contributed by atoms with Crippen LogP contribution in [0.5, 0.6) is 0 Å². The fraction of sp³-hybridized carbons (Fsp3) is 0.600. The smallest absolute Gasteiger partial charge is 0.245 e. The minimum Gasteiger partial charge on any atom is -0.312 e. The van der Waals surface area contributed by atoms with Gasteiger partial charge in [0.2, 0.25) is 10.0 Å². The van der Waals surface area contributed by atoms with Gasteiger partial charge in [0.1, 0.15) is 4.90 Å².